The Morgan fingerprint density at radius 2 is 1.96 bits per heavy atom. The van der Waals surface area contributed by atoms with E-state index in [0.29, 0.717) is 24.3 Å². The van der Waals surface area contributed by atoms with Crippen LogP contribution in [-0.2, 0) is 6.54 Å². The summed E-state index contributed by atoms with van der Waals surface area (Å²) in [6.45, 7) is 3.23. The van der Waals surface area contributed by atoms with Crippen LogP contribution in [0, 0.1) is 11.3 Å². The van der Waals surface area contributed by atoms with Crippen molar-refractivity contribution in [1.29, 1.82) is 5.26 Å². The predicted octanol–water partition coefficient (Wildman–Crippen LogP) is 4.10. The van der Waals surface area contributed by atoms with E-state index in [0.717, 1.165) is 28.6 Å². The van der Waals surface area contributed by atoms with E-state index in [1.165, 1.54) is 0 Å². The number of carbonyl (C=O) groups excluding carboxylic acids is 1. The molecule has 0 fully saturated rings. The highest BCUT2D eigenvalue weighted by Crippen LogP contribution is 2.22. The highest BCUT2D eigenvalue weighted by Gasteiger charge is 2.18. The third kappa shape index (κ3) is 3.70. The number of benzene rings is 2. The maximum absolute atomic E-state index is 13.0. The van der Waals surface area contributed by atoms with Crippen LogP contribution < -0.4 is 4.74 Å². The van der Waals surface area contributed by atoms with Crippen molar-refractivity contribution in [1.82, 2.24) is 9.88 Å². The monoisotopic (exact) mass is 347 g/mol. The van der Waals surface area contributed by atoms with E-state index >= 15 is 0 Å². The normalized spacial score (nSPS) is 10.5. The SMILES string of the molecule is CCCN(Cc1ccc(C#N)cc1)C(=O)c1cc2ccc(OC)cc2[nH]1. The smallest absolute Gasteiger partial charge is 0.270 e. The summed E-state index contributed by atoms with van der Waals surface area (Å²) in [5.74, 6) is 0.715. The van der Waals surface area contributed by atoms with Crippen LogP contribution in [-0.4, -0.2) is 29.4 Å². The van der Waals surface area contributed by atoms with Crippen molar-refractivity contribution < 1.29 is 9.53 Å². The van der Waals surface area contributed by atoms with E-state index in [-0.39, 0.29) is 5.91 Å². The number of hydrogen-bond donors (Lipinski definition) is 1. The molecule has 0 radical (unpaired) electrons. The standard InChI is InChI=1S/C21H21N3O2/c1-3-10-24(14-16-6-4-15(13-22)5-7-16)21(25)20-11-17-8-9-18(26-2)12-19(17)23-20/h4-9,11-12,23H,3,10,14H2,1-2H3. The summed E-state index contributed by atoms with van der Waals surface area (Å²) in [7, 11) is 1.62. The Hall–Kier alpha value is -3.26. The molecule has 5 nitrogen and oxygen atoms in total. The third-order valence-electron chi connectivity index (χ3n) is 4.30. The second-order valence-corrected chi connectivity index (χ2v) is 6.17. The van der Waals surface area contributed by atoms with Gasteiger partial charge in [-0.3, -0.25) is 4.79 Å². The average Bonchev–Trinajstić information content (AvgIpc) is 3.10. The topological polar surface area (TPSA) is 69.1 Å². The number of carbonyl (C=O) groups is 1. The second-order valence-electron chi connectivity index (χ2n) is 6.17. The number of hydrogen-bond acceptors (Lipinski definition) is 3. The Bertz CT molecular complexity index is 952. The molecule has 2 aromatic carbocycles. The molecule has 0 unspecified atom stereocenters. The molecule has 5 heteroatoms. The van der Waals surface area contributed by atoms with Crippen molar-refractivity contribution in [2.45, 2.75) is 19.9 Å². The van der Waals surface area contributed by atoms with E-state index < -0.39 is 0 Å². The van der Waals surface area contributed by atoms with Crippen molar-refractivity contribution in [3.8, 4) is 11.8 Å². The lowest BCUT2D eigenvalue weighted by molar-refractivity contribution is 0.0738. The first kappa shape index (κ1) is 17.6. The molecule has 0 aliphatic rings. The van der Waals surface area contributed by atoms with E-state index in [4.69, 9.17) is 10.00 Å². The first-order valence-electron chi connectivity index (χ1n) is 8.59. The summed E-state index contributed by atoms with van der Waals surface area (Å²) in [4.78, 5) is 18.0. The van der Waals surface area contributed by atoms with Gasteiger partial charge < -0.3 is 14.6 Å². The number of aromatic nitrogens is 1. The van der Waals surface area contributed by atoms with Crippen molar-refractivity contribution in [3.05, 3.63) is 65.4 Å². The zero-order chi connectivity index (χ0) is 18.5. The number of ether oxygens (including phenoxy) is 1. The van der Waals surface area contributed by atoms with Gasteiger partial charge in [0.1, 0.15) is 11.4 Å². The molecule has 0 saturated heterocycles. The summed E-state index contributed by atoms with van der Waals surface area (Å²) in [5, 5.41) is 9.89. The van der Waals surface area contributed by atoms with Gasteiger partial charge in [0.2, 0.25) is 0 Å². The number of H-pyrrole nitrogens is 1. The molecule has 0 atom stereocenters. The molecule has 1 N–H and O–H groups in total. The Morgan fingerprint density at radius 3 is 2.62 bits per heavy atom. The molecule has 1 amide bonds. The van der Waals surface area contributed by atoms with Gasteiger partial charge in [0.15, 0.2) is 0 Å². The lowest BCUT2D eigenvalue weighted by atomic mass is 10.1. The fourth-order valence-corrected chi connectivity index (χ4v) is 2.95. The molecule has 0 aliphatic carbocycles. The van der Waals surface area contributed by atoms with Crippen molar-refractivity contribution in [2.75, 3.05) is 13.7 Å². The van der Waals surface area contributed by atoms with Gasteiger partial charge >= 0.3 is 0 Å². The Labute approximate surface area is 152 Å². The van der Waals surface area contributed by atoms with E-state index in [9.17, 15) is 4.79 Å². The maximum Gasteiger partial charge on any atom is 0.270 e. The molecule has 0 saturated carbocycles. The average molecular weight is 347 g/mol. The van der Waals surface area contributed by atoms with Gasteiger partial charge in [-0.1, -0.05) is 19.1 Å². The molecule has 26 heavy (non-hydrogen) atoms. The number of methoxy groups -OCH3 is 1. The minimum Gasteiger partial charge on any atom is -0.497 e. The van der Waals surface area contributed by atoms with Gasteiger partial charge in [-0.2, -0.15) is 5.26 Å². The Balaban J connectivity index is 1.84. The highest BCUT2D eigenvalue weighted by atomic mass is 16.5. The zero-order valence-electron chi connectivity index (χ0n) is 15.0. The van der Waals surface area contributed by atoms with Gasteiger partial charge in [0, 0.05) is 30.1 Å². The lowest BCUT2D eigenvalue weighted by Gasteiger charge is -2.21. The van der Waals surface area contributed by atoms with Crippen LogP contribution >= 0.6 is 0 Å². The van der Waals surface area contributed by atoms with Crippen LogP contribution in [0.15, 0.2) is 48.5 Å². The molecule has 0 bridgehead atoms. The summed E-state index contributed by atoms with van der Waals surface area (Å²) in [6.07, 6.45) is 0.871. The van der Waals surface area contributed by atoms with Crippen LogP contribution in [0.4, 0.5) is 0 Å². The van der Waals surface area contributed by atoms with E-state index in [1.54, 1.807) is 19.2 Å². The summed E-state index contributed by atoms with van der Waals surface area (Å²) >= 11 is 0. The van der Waals surface area contributed by atoms with Crippen molar-refractivity contribution in [2.24, 2.45) is 0 Å². The quantitative estimate of drug-likeness (QED) is 0.730. The largest absolute Gasteiger partial charge is 0.497 e. The van der Waals surface area contributed by atoms with Crippen molar-refractivity contribution >= 4 is 16.8 Å². The first-order valence-corrected chi connectivity index (χ1v) is 8.59. The number of nitriles is 1. The Kier molecular flexibility index (Phi) is 5.23. The highest BCUT2D eigenvalue weighted by molar-refractivity contribution is 5.98. The minimum absolute atomic E-state index is 0.0358. The minimum atomic E-state index is -0.0358. The molecular formula is C21H21N3O2. The van der Waals surface area contributed by atoms with Crippen LogP contribution in [0.25, 0.3) is 10.9 Å². The van der Waals surface area contributed by atoms with Crippen LogP contribution in [0.2, 0.25) is 0 Å². The molecule has 0 spiro atoms. The molecular weight excluding hydrogens is 326 g/mol. The third-order valence-corrected chi connectivity index (χ3v) is 4.30. The summed E-state index contributed by atoms with van der Waals surface area (Å²) in [6, 6.07) is 17.0. The molecule has 0 aliphatic heterocycles. The molecule has 3 aromatic rings. The zero-order valence-corrected chi connectivity index (χ0v) is 15.0. The van der Waals surface area contributed by atoms with Gasteiger partial charge in [0.25, 0.3) is 5.91 Å². The van der Waals surface area contributed by atoms with Crippen LogP contribution in [0.3, 0.4) is 0 Å². The number of amides is 1. The fraction of sp³-hybridized carbons (Fsp3) is 0.238. The van der Waals surface area contributed by atoms with Gasteiger partial charge in [-0.05, 0) is 42.3 Å². The van der Waals surface area contributed by atoms with Gasteiger partial charge in [0.05, 0.1) is 18.7 Å². The number of aromatic amines is 1. The Morgan fingerprint density at radius 1 is 1.19 bits per heavy atom. The van der Waals surface area contributed by atoms with Gasteiger partial charge in [-0.25, -0.2) is 0 Å². The molecule has 132 valence electrons. The number of nitrogens with one attached hydrogen (secondary N) is 1. The predicted molar refractivity (Wildman–Crippen MR) is 101 cm³/mol. The summed E-state index contributed by atoms with van der Waals surface area (Å²) in [5.41, 5.74) is 3.06. The molecule has 1 heterocycles. The maximum atomic E-state index is 13.0. The van der Waals surface area contributed by atoms with Gasteiger partial charge in [-0.15, -0.1) is 0 Å². The van der Waals surface area contributed by atoms with Crippen molar-refractivity contribution in [3.63, 3.8) is 0 Å². The molecule has 3 rings (SSSR count). The lowest BCUT2D eigenvalue weighted by Crippen LogP contribution is -2.31. The van der Waals surface area contributed by atoms with E-state index in [1.807, 2.05) is 41.3 Å². The van der Waals surface area contributed by atoms with Crippen LogP contribution in [0.5, 0.6) is 5.75 Å². The fourth-order valence-electron chi connectivity index (χ4n) is 2.95. The number of fused-ring (bicyclic) bond motifs is 1. The number of nitrogens with zero attached hydrogens (tertiary/aromatic N) is 2. The second kappa shape index (κ2) is 7.75. The summed E-state index contributed by atoms with van der Waals surface area (Å²) < 4.78 is 5.24. The van der Waals surface area contributed by atoms with E-state index in [2.05, 4.69) is 18.0 Å². The van der Waals surface area contributed by atoms with Crippen LogP contribution in [0.1, 0.15) is 35.0 Å². The first-order chi connectivity index (χ1) is 12.6. The number of rotatable bonds is 6. The molecule has 1 aromatic heterocycles.